The van der Waals surface area contributed by atoms with E-state index < -0.39 is 17.8 Å². The molecule has 1 N–H and O–H groups in total. The van der Waals surface area contributed by atoms with Crippen molar-refractivity contribution in [3.05, 3.63) is 77.1 Å². The summed E-state index contributed by atoms with van der Waals surface area (Å²) < 4.78 is 16.4. The standard InChI is InChI=1S/C27H27FN6O3/c28-19-11-20(22-14-33(27(37)21(22)12-19)24-5-6-25(35)31-26(24)36)17-7-9-32(10-8-17)13-18-3-1-2-4-23(18)34-16-29-15-30-34/h1-4,11-12,15-17,24H,5-10,13-14H2,(H,31,35,36). The molecule has 2 fully saturated rings. The van der Waals surface area contributed by atoms with E-state index in [1.807, 2.05) is 18.2 Å². The van der Waals surface area contributed by atoms with Gasteiger partial charge in [-0.3, -0.25) is 24.6 Å². The van der Waals surface area contributed by atoms with Gasteiger partial charge in [0, 0.05) is 25.1 Å². The van der Waals surface area contributed by atoms with Crippen molar-refractivity contribution in [1.29, 1.82) is 0 Å². The SMILES string of the molecule is O=C1CCC(N2Cc3c(cc(F)cc3C3CCN(Cc4ccccc4-n4cncn4)CC3)C2=O)C(=O)N1. The van der Waals surface area contributed by atoms with Crippen LogP contribution < -0.4 is 5.32 Å². The van der Waals surface area contributed by atoms with E-state index in [1.165, 1.54) is 17.3 Å². The first-order valence-corrected chi connectivity index (χ1v) is 12.6. The number of halogens is 1. The van der Waals surface area contributed by atoms with Crippen molar-refractivity contribution in [3.8, 4) is 5.69 Å². The molecule has 2 aromatic carbocycles. The normalized spacial score (nSPS) is 20.8. The third-order valence-electron chi connectivity index (χ3n) is 7.73. The third-order valence-corrected chi connectivity index (χ3v) is 7.73. The molecular formula is C27H27FN6O3. The molecule has 0 bridgehead atoms. The Labute approximate surface area is 213 Å². The molecule has 2 saturated heterocycles. The molecule has 37 heavy (non-hydrogen) atoms. The lowest BCUT2D eigenvalue weighted by atomic mass is 9.85. The zero-order valence-electron chi connectivity index (χ0n) is 20.3. The third kappa shape index (κ3) is 4.42. The average molecular weight is 503 g/mol. The van der Waals surface area contributed by atoms with Gasteiger partial charge in [0.15, 0.2) is 0 Å². The second kappa shape index (κ2) is 9.51. The second-order valence-electron chi connectivity index (χ2n) is 9.94. The number of nitrogens with zero attached hydrogens (tertiary/aromatic N) is 5. The van der Waals surface area contributed by atoms with Crippen LogP contribution >= 0.6 is 0 Å². The summed E-state index contributed by atoms with van der Waals surface area (Å²) in [5.74, 6) is -1.43. The zero-order chi connectivity index (χ0) is 25.5. The minimum absolute atomic E-state index is 0.126. The minimum Gasteiger partial charge on any atom is -0.322 e. The molecule has 0 saturated carbocycles. The Kier molecular flexibility index (Phi) is 6.03. The Morgan fingerprint density at radius 3 is 2.62 bits per heavy atom. The lowest BCUT2D eigenvalue weighted by Gasteiger charge is -2.33. The molecule has 3 aliphatic heterocycles. The Hall–Kier alpha value is -3.92. The van der Waals surface area contributed by atoms with Crippen LogP contribution in [0.3, 0.4) is 0 Å². The van der Waals surface area contributed by atoms with Gasteiger partial charge >= 0.3 is 0 Å². The van der Waals surface area contributed by atoms with E-state index in [2.05, 4.69) is 26.4 Å². The summed E-state index contributed by atoms with van der Waals surface area (Å²) in [5.41, 5.74) is 4.16. The van der Waals surface area contributed by atoms with E-state index in [0.29, 0.717) is 5.56 Å². The predicted molar refractivity (Wildman–Crippen MR) is 131 cm³/mol. The molecular weight excluding hydrogens is 475 g/mol. The number of imide groups is 1. The quantitative estimate of drug-likeness (QED) is 0.539. The molecule has 10 heteroatoms. The van der Waals surface area contributed by atoms with Crippen LogP contribution in [-0.2, 0) is 22.7 Å². The number of hydrogen-bond acceptors (Lipinski definition) is 6. The van der Waals surface area contributed by atoms with E-state index in [0.717, 1.165) is 54.9 Å². The van der Waals surface area contributed by atoms with Gasteiger partial charge in [0.2, 0.25) is 11.8 Å². The summed E-state index contributed by atoms with van der Waals surface area (Å²) >= 11 is 0. The van der Waals surface area contributed by atoms with Crippen molar-refractivity contribution in [1.82, 2.24) is 29.9 Å². The molecule has 190 valence electrons. The van der Waals surface area contributed by atoms with Gasteiger partial charge in [-0.1, -0.05) is 18.2 Å². The van der Waals surface area contributed by atoms with Gasteiger partial charge in [0.25, 0.3) is 5.91 Å². The first-order valence-electron chi connectivity index (χ1n) is 12.6. The van der Waals surface area contributed by atoms with E-state index in [9.17, 15) is 18.8 Å². The molecule has 9 nitrogen and oxygen atoms in total. The number of fused-ring (bicyclic) bond motifs is 1. The first-order chi connectivity index (χ1) is 18.0. The minimum atomic E-state index is -0.708. The number of hydrogen-bond donors (Lipinski definition) is 1. The van der Waals surface area contributed by atoms with Crippen LogP contribution in [0.15, 0.2) is 49.1 Å². The van der Waals surface area contributed by atoms with E-state index >= 15 is 0 Å². The van der Waals surface area contributed by atoms with Crippen molar-refractivity contribution in [2.24, 2.45) is 0 Å². The van der Waals surface area contributed by atoms with Crippen LogP contribution in [-0.4, -0.2) is 61.4 Å². The molecule has 1 aromatic heterocycles. The van der Waals surface area contributed by atoms with Crippen molar-refractivity contribution < 1.29 is 18.8 Å². The van der Waals surface area contributed by atoms with Crippen LogP contribution in [0.25, 0.3) is 5.69 Å². The number of carbonyl (C=O) groups is 3. The molecule has 1 unspecified atom stereocenters. The predicted octanol–water partition coefficient (Wildman–Crippen LogP) is 2.55. The maximum Gasteiger partial charge on any atom is 0.255 e. The van der Waals surface area contributed by atoms with Crippen LogP contribution in [0.4, 0.5) is 4.39 Å². The van der Waals surface area contributed by atoms with Crippen LogP contribution in [0.1, 0.15) is 58.6 Å². The van der Waals surface area contributed by atoms with Gasteiger partial charge in [-0.2, -0.15) is 5.10 Å². The van der Waals surface area contributed by atoms with E-state index in [1.54, 1.807) is 17.1 Å². The van der Waals surface area contributed by atoms with Gasteiger partial charge < -0.3 is 4.90 Å². The molecule has 0 spiro atoms. The number of benzene rings is 2. The summed E-state index contributed by atoms with van der Waals surface area (Å²) in [7, 11) is 0. The van der Waals surface area contributed by atoms with Crippen molar-refractivity contribution in [3.63, 3.8) is 0 Å². The molecule has 0 aliphatic carbocycles. The topological polar surface area (TPSA) is 100 Å². The largest absolute Gasteiger partial charge is 0.322 e. The highest BCUT2D eigenvalue weighted by molar-refractivity contribution is 6.05. The highest BCUT2D eigenvalue weighted by Crippen LogP contribution is 2.38. The number of para-hydroxylation sites is 1. The van der Waals surface area contributed by atoms with Gasteiger partial charge in [-0.05, 0) is 73.2 Å². The van der Waals surface area contributed by atoms with Gasteiger partial charge in [0.1, 0.15) is 24.5 Å². The van der Waals surface area contributed by atoms with E-state index in [4.69, 9.17) is 0 Å². The summed E-state index contributed by atoms with van der Waals surface area (Å²) in [4.78, 5) is 45.1. The zero-order valence-corrected chi connectivity index (χ0v) is 20.3. The van der Waals surface area contributed by atoms with Crippen LogP contribution in [0.5, 0.6) is 0 Å². The molecule has 4 heterocycles. The Morgan fingerprint density at radius 1 is 1.05 bits per heavy atom. The molecule has 3 aliphatic rings. The number of aromatic nitrogens is 3. The summed E-state index contributed by atoms with van der Waals surface area (Å²) in [5, 5.41) is 6.59. The number of rotatable bonds is 5. The fourth-order valence-corrected chi connectivity index (χ4v) is 5.86. The fourth-order valence-electron chi connectivity index (χ4n) is 5.86. The Bertz CT molecular complexity index is 1370. The molecule has 1 atom stereocenters. The molecule has 3 aromatic rings. The molecule has 3 amide bonds. The maximum atomic E-state index is 14.7. The monoisotopic (exact) mass is 502 g/mol. The lowest BCUT2D eigenvalue weighted by Crippen LogP contribution is -2.52. The van der Waals surface area contributed by atoms with E-state index in [-0.39, 0.29) is 37.1 Å². The number of nitrogens with one attached hydrogen (secondary N) is 1. The van der Waals surface area contributed by atoms with Crippen molar-refractivity contribution in [2.75, 3.05) is 13.1 Å². The lowest BCUT2D eigenvalue weighted by molar-refractivity contribution is -0.136. The first kappa shape index (κ1) is 23.5. The summed E-state index contributed by atoms with van der Waals surface area (Å²) in [6.45, 7) is 2.71. The maximum absolute atomic E-state index is 14.7. The number of piperidine rings is 2. The van der Waals surface area contributed by atoms with Gasteiger partial charge in [0.05, 0.1) is 5.69 Å². The average Bonchev–Trinajstić information content (AvgIpc) is 3.54. The second-order valence-corrected chi connectivity index (χ2v) is 9.94. The van der Waals surface area contributed by atoms with Crippen LogP contribution in [0, 0.1) is 5.82 Å². The number of amides is 3. The number of carbonyl (C=O) groups excluding carboxylic acids is 3. The Balaban J connectivity index is 1.17. The van der Waals surface area contributed by atoms with Crippen molar-refractivity contribution >= 4 is 17.7 Å². The number of likely N-dealkylation sites (tertiary alicyclic amines) is 1. The van der Waals surface area contributed by atoms with Gasteiger partial charge in [-0.15, -0.1) is 0 Å². The highest BCUT2D eigenvalue weighted by Gasteiger charge is 2.41. The Morgan fingerprint density at radius 2 is 1.86 bits per heavy atom. The van der Waals surface area contributed by atoms with Gasteiger partial charge in [-0.25, -0.2) is 14.1 Å². The van der Waals surface area contributed by atoms with Crippen LogP contribution in [0.2, 0.25) is 0 Å². The molecule has 0 radical (unpaired) electrons. The smallest absolute Gasteiger partial charge is 0.255 e. The highest BCUT2D eigenvalue weighted by atomic mass is 19.1. The van der Waals surface area contributed by atoms with Crippen molar-refractivity contribution in [2.45, 2.75) is 50.7 Å². The summed E-state index contributed by atoms with van der Waals surface area (Å²) in [6.07, 6.45) is 5.37. The fraction of sp³-hybridized carbons (Fsp3) is 0.370. The molecule has 6 rings (SSSR count). The summed E-state index contributed by atoms with van der Waals surface area (Å²) in [6, 6.07) is 10.3.